The summed E-state index contributed by atoms with van der Waals surface area (Å²) in [6.45, 7) is 1.55. The lowest BCUT2D eigenvalue weighted by atomic mass is 10.3. The maximum Gasteiger partial charge on any atom is 0.178 e. The number of unbranched alkanes of at least 4 members (excludes halogenated alkanes) is 1. The predicted octanol–water partition coefficient (Wildman–Crippen LogP) is 4.03. The molecule has 2 aromatic rings. The second kappa shape index (κ2) is 5.95. The number of halogens is 2. The van der Waals surface area contributed by atoms with Gasteiger partial charge in [0.2, 0.25) is 0 Å². The minimum atomic E-state index is -0.287. The van der Waals surface area contributed by atoms with Crippen LogP contribution in [-0.2, 0) is 11.3 Å². The van der Waals surface area contributed by atoms with Crippen molar-refractivity contribution >= 4 is 39.2 Å². The molecule has 0 aliphatic rings. The third-order valence-corrected chi connectivity index (χ3v) is 3.73. The highest BCUT2D eigenvalue weighted by molar-refractivity contribution is 9.10. The van der Waals surface area contributed by atoms with Crippen LogP contribution in [-0.4, -0.2) is 23.3 Å². The minimum Gasteiger partial charge on any atom is -0.385 e. The number of hydrogen-bond acceptors (Lipinski definition) is 2. The molecule has 3 nitrogen and oxygen atoms in total. The highest BCUT2D eigenvalue weighted by Crippen LogP contribution is 2.23. The highest BCUT2D eigenvalue weighted by atomic mass is 79.9. The Morgan fingerprint density at radius 2 is 2.22 bits per heavy atom. The Bertz CT molecular complexity index is 608. The zero-order chi connectivity index (χ0) is 13.1. The second-order valence-electron chi connectivity index (χ2n) is 4.07. The van der Waals surface area contributed by atoms with Crippen LogP contribution < -0.4 is 0 Å². The Morgan fingerprint density at radius 3 is 2.94 bits per heavy atom. The van der Waals surface area contributed by atoms with Crippen molar-refractivity contribution < 1.29 is 9.13 Å². The van der Waals surface area contributed by atoms with Crippen molar-refractivity contribution in [2.45, 2.75) is 19.4 Å². The SMILES string of the molecule is COCCCCn1c(=S)[nH]c2cc(F)c(Br)cc21. The molecule has 98 valence electrons. The summed E-state index contributed by atoms with van der Waals surface area (Å²) in [7, 11) is 1.69. The summed E-state index contributed by atoms with van der Waals surface area (Å²) in [5.74, 6) is -0.287. The first-order valence-electron chi connectivity index (χ1n) is 5.70. The Morgan fingerprint density at radius 1 is 1.44 bits per heavy atom. The Hall–Kier alpha value is -0.720. The molecule has 0 unspecified atom stereocenters. The average molecular weight is 333 g/mol. The van der Waals surface area contributed by atoms with Crippen LogP contribution >= 0.6 is 28.1 Å². The molecule has 18 heavy (non-hydrogen) atoms. The molecule has 0 amide bonds. The van der Waals surface area contributed by atoms with Crippen molar-refractivity contribution in [3.8, 4) is 0 Å². The smallest absolute Gasteiger partial charge is 0.178 e. The van der Waals surface area contributed by atoms with Crippen LogP contribution in [0.3, 0.4) is 0 Å². The Balaban J connectivity index is 2.29. The van der Waals surface area contributed by atoms with E-state index in [1.807, 2.05) is 4.57 Å². The van der Waals surface area contributed by atoms with Gasteiger partial charge in [0.15, 0.2) is 4.77 Å². The van der Waals surface area contributed by atoms with Gasteiger partial charge >= 0.3 is 0 Å². The van der Waals surface area contributed by atoms with Gasteiger partial charge in [-0.3, -0.25) is 0 Å². The summed E-state index contributed by atoms with van der Waals surface area (Å²) < 4.78 is 21.5. The lowest BCUT2D eigenvalue weighted by Gasteiger charge is -2.04. The molecule has 1 aromatic heterocycles. The van der Waals surface area contributed by atoms with Crippen LogP contribution in [0.25, 0.3) is 11.0 Å². The van der Waals surface area contributed by atoms with E-state index in [0.717, 1.165) is 37.0 Å². The standard InChI is InChI=1S/C12H14BrFN2OS/c1-17-5-3-2-4-16-11-6-8(13)9(14)7-10(11)15-12(16)18/h6-7H,2-5H2,1H3,(H,15,18). The number of aromatic amines is 1. The topological polar surface area (TPSA) is 29.9 Å². The number of benzene rings is 1. The molecule has 0 saturated carbocycles. The highest BCUT2D eigenvalue weighted by Gasteiger charge is 2.08. The third kappa shape index (κ3) is 2.81. The van der Waals surface area contributed by atoms with Crippen LogP contribution in [0.5, 0.6) is 0 Å². The molecular formula is C12H14BrFN2OS. The lowest BCUT2D eigenvalue weighted by molar-refractivity contribution is 0.191. The third-order valence-electron chi connectivity index (χ3n) is 2.80. The molecule has 0 saturated heterocycles. The largest absolute Gasteiger partial charge is 0.385 e. The number of rotatable bonds is 5. The zero-order valence-corrected chi connectivity index (χ0v) is 12.4. The fourth-order valence-electron chi connectivity index (χ4n) is 1.89. The van der Waals surface area contributed by atoms with Gasteiger partial charge in [-0.25, -0.2) is 4.39 Å². The summed E-state index contributed by atoms with van der Waals surface area (Å²) in [6, 6.07) is 3.22. The number of hydrogen-bond donors (Lipinski definition) is 1. The Labute approximate surface area is 118 Å². The van der Waals surface area contributed by atoms with Gasteiger partial charge in [0.1, 0.15) is 5.82 Å². The number of H-pyrrole nitrogens is 1. The normalized spacial score (nSPS) is 11.3. The Kier molecular flexibility index (Phi) is 4.53. The van der Waals surface area contributed by atoms with Crippen LogP contribution in [0.2, 0.25) is 0 Å². The van der Waals surface area contributed by atoms with E-state index in [9.17, 15) is 4.39 Å². The van der Waals surface area contributed by atoms with Crippen LogP contribution in [0.4, 0.5) is 4.39 Å². The predicted molar refractivity (Wildman–Crippen MR) is 75.9 cm³/mol. The van der Waals surface area contributed by atoms with Gasteiger partial charge in [-0.2, -0.15) is 0 Å². The van der Waals surface area contributed by atoms with Crippen molar-refractivity contribution in [1.29, 1.82) is 0 Å². The molecule has 1 N–H and O–H groups in total. The van der Waals surface area contributed by atoms with Gasteiger partial charge in [0.25, 0.3) is 0 Å². The van der Waals surface area contributed by atoms with Crippen molar-refractivity contribution in [3.05, 3.63) is 27.2 Å². The lowest BCUT2D eigenvalue weighted by Crippen LogP contribution is -2.00. The first kappa shape index (κ1) is 13.7. The van der Waals surface area contributed by atoms with E-state index in [2.05, 4.69) is 20.9 Å². The molecule has 0 fully saturated rings. The van der Waals surface area contributed by atoms with Gasteiger partial charge < -0.3 is 14.3 Å². The van der Waals surface area contributed by atoms with Gasteiger partial charge in [0.05, 0.1) is 15.5 Å². The van der Waals surface area contributed by atoms with E-state index in [0.29, 0.717) is 9.24 Å². The number of nitrogens with one attached hydrogen (secondary N) is 1. The number of imidazole rings is 1. The number of aryl methyl sites for hydroxylation is 1. The van der Waals surface area contributed by atoms with Crippen LogP contribution in [0.15, 0.2) is 16.6 Å². The minimum absolute atomic E-state index is 0.287. The molecule has 2 rings (SSSR count). The maximum atomic E-state index is 13.4. The summed E-state index contributed by atoms with van der Waals surface area (Å²) in [6.07, 6.45) is 1.96. The first-order valence-corrected chi connectivity index (χ1v) is 6.90. The van der Waals surface area contributed by atoms with Gasteiger partial charge in [-0.05, 0) is 47.1 Å². The summed E-state index contributed by atoms with van der Waals surface area (Å²) >= 11 is 8.45. The van der Waals surface area contributed by atoms with Crippen LogP contribution in [0, 0.1) is 10.6 Å². The molecule has 1 heterocycles. The molecule has 1 aromatic carbocycles. The number of nitrogens with zero attached hydrogens (tertiary/aromatic N) is 1. The van der Waals surface area contributed by atoms with Crippen molar-refractivity contribution in [3.63, 3.8) is 0 Å². The van der Waals surface area contributed by atoms with Crippen molar-refractivity contribution in [2.24, 2.45) is 0 Å². The number of fused-ring (bicyclic) bond motifs is 1. The monoisotopic (exact) mass is 332 g/mol. The number of aromatic nitrogens is 2. The molecule has 0 atom stereocenters. The fraction of sp³-hybridized carbons (Fsp3) is 0.417. The summed E-state index contributed by atoms with van der Waals surface area (Å²) in [5, 5.41) is 0. The summed E-state index contributed by atoms with van der Waals surface area (Å²) in [4.78, 5) is 3.02. The fourth-order valence-corrected chi connectivity index (χ4v) is 2.52. The van der Waals surface area contributed by atoms with Crippen LogP contribution in [0.1, 0.15) is 12.8 Å². The van der Waals surface area contributed by atoms with E-state index in [-0.39, 0.29) is 5.82 Å². The van der Waals surface area contributed by atoms with E-state index >= 15 is 0 Å². The molecular weight excluding hydrogens is 319 g/mol. The molecule has 0 aliphatic heterocycles. The van der Waals surface area contributed by atoms with Crippen molar-refractivity contribution in [2.75, 3.05) is 13.7 Å². The second-order valence-corrected chi connectivity index (χ2v) is 5.31. The number of ether oxygens (including phenoxy) is 1. The number of methoxy groups -OCH3 is 1. The maximum absolute atomic E-state index is 13.4. The molecule has 0 aliphatic carbocycles. The molecule has 0 bridgehead atoms. The van der Waals surface area contributed by atoms with E-state index in [1.54, 1.807) is 13.2 Å². The van der Waals surface area contributed by atoms with E-state index in [4.69, 9.17) is 17.0 Å². The summed E-state index contributed by atoms with van der Waals surface area (Å²) in [5.41, 5.74) is 1.65. The van der Waals surface area contributed by atoms with Gasteiger partial charge in [0, 0.05) is 26.3 Å². The van der Waals surface area contributed by atoms with E-state index in [1.165, 1.54) is 6.07 Å². The molecule has 0 spiro atoms. The van der Waals surface area contributed by atoms with E-state index < -0.39 is 0 Å². The molecule has 0 radical (unpaired) electrons. The van der Waals surface area contributed by atoms with Gasteiger partial charge in [-0.15, -0.1) is 0 Å². The zero-order valence-electron chi connectivity index (χ0n) is 10.0. The average Bonchev–Trinajstić information content (AvgIpc) is 2.62. The quantitative estimate of drug-likeness (QED) is 0.661. The van der Waals surface area contributed by atoms with Gasteiger partial charge in [-0.1, -0.05) is 0 Å². The molecule has 6 heteroatoms. The van der Waals surface area contributed by atoms with Crippen molar-refractivity contribution in [1.82, 2.24) is 9.55 Å². The first-order chi connectivity index (χ1) is 8.63.